The van der Waals surface area contributed by atoms with Crippen LogP contribution >= 0.6 is 11.6 Å². The molecule has 0 fully saturated rings. The number of aromatic carboxylic acids is 1. The molecule has 40 heavy (non-hydrogen) atoms. The topological polar surface area (TPSA) is 132 Å². The Labute approximate surface area is 258 Å². The number of nitrogens with one attached hydrogen (secondary N) is 3. The maximum atomic E-state index is 13.0. The Morgan fingerprint density at radius 1 is 0.875 bits per heavy atom. The number of benzene rings is 3. The molecule has 0 bridgehead atoms. The van der Waals surface area contributed by atoms with Crippen molar-refractivity contribution < 1.29 is 53.8 Å². The minimum absolute atomic E-state index is 0. The molecule has 0 spiro atoms. The number of carboxylic acids is 1. The summed E-state index contributed by atoms with van der Waals surface area (Å²) in [5.41, 5.74) is 3.11. The van der Waals surface area contributed by atoms with Gasteiger partial charge in [0.2, 0.25) is 5.91 Å². The van der Waals surface area contributed by atoms with Crippen molar-refractivity contribution in [2.45, 2.75) is 20.4 Å². The van der Waals surface area contributed by atoms with Crippen molar-refractivity contribution in [3.8, 4) is 0 Å². The van der Waals surface area contributed by atoms with E-state index in [0.29, 0.717) is 17.1 Å². The van der Waals surface area contributed by atoms with Gasteiger partial charge in [0.1, 0.15) is 5.69 Å². The van der Waals surface area contributed by atoms with E-state index in [-0.39, 0.29) is 70.0 Å². The van der Waals surface area contributed by atoms with Gasteiger partial charge in [-0.2, -0.15) is 0 Å². The predicted octanol–water partition coefficient (Wildman–Crippen LogP) is 0.976. The van der Waals surface area contributed by atoms with Crippen LogP contribution in [0.15, 0.2) is 66.7 Å². The van der Waals surface area contributed by atoms with E-state index < -0.39 is 11.9 Å². The molecule has 0 unspecified atom stereocenters. The summed E-state index contributed by atoms with van der Waals surface area (Å²) in [5, 5.41) is 20.3. The molecule has 11 heteroatoms. The van der Waals surface area contributed by atoms with Gasteiger partial charge < -0.3 is 30.4 Å². The van der Waals surface area contributed by atoms with Crippen molar-refractivity contribution in [2.75, 3.05) is 10.6 Å². The molecule has 3 aromatic carbocycles. The second kappa shape index (κ2) is 13.1. The van der Waals surface area contributed by atoms with Gasteiger partial charge in [-0.25, -0.2) is 0 Å². The summed E-state index contributed by atoms with van der Waals surface area (Å²) in [6.07, 6.45) is 0. The minimum atomic E-state index is -1.30. The van der Waals surface area contributed by atoms with Crippen molar-refractivity contribution in [3.05, 3.63) is 94.1 Å². The van der Waals surface area contributed by atoms with E-state index in [1.54, 1.807) is 67.9 Å². The van der Waals surface area contributed by atoms with Gasteiger partial charge in [0.05, 0.1) is 16.6 Å². The van der Waals surface area contributed by atoms with Gasteiger partial charge in [-0.05, 0) is 59.7 Å². The summed E-state index contributed by atoms with van der Waals surface area (Å²) in [4.78, 5) is 48.7. The number of nitrogens with zero attached hydrogens (tertiary/aromatic N) is 1. The molecular weight excluding hydrogens is 543 g/mol. The van der Waals surface area contributed by atoms with Crippen molar-refractivity contribution in [1.29, 1.82) is 0 Å². The van der Waals surface area contributed by atoms with E-state index in [1.807, 2.05) is 0 Å². The number of fused-ring (bicyclic) bond motifs is 1. The molecule has 9 nitrogen and oxygen atoms in total. The van der Waals surface area contributed by atoms with Crippen LogP contribution in [0.5, 0.6) is 0 Å². The van der Waals surface area contributed by atoms with E-state index in [1.165, 1.54) is 24.3 Å². The number of aromatic nitrogens is 1. The van der Waals surface area contributed by atoms with E-state index in [2.05, 4.69) is 16.0 Å². The average Bonchev–Trinajstić information content (AvgIpc) is 3.23. The van der Waals surface area contributed by atoms with Crippen LogP contribution in [0.1, 0.15) is 50.6 Å². The zero-order valence-corrected chi connectivity index (χ0v) is 25.3. The fourth-order valence-electron chi connectivity index (χ4n) is 3.98. The third-order valence-corrected chi connectivity index (χ3v) is 6.51. The molecule has 4 aromatic rings. The zero-order chi connectivity index (χ0) is 28.3. The first-order chi connectivity index (χ1) is 18.5. The normalized spacial score (nSPS) is 10.6. The Kier molecular flexibility index (Phi) is 10.2. The maximum Gasteiger partial charge on any atom is 1.00 e. The Balaban J connectivity index is 0.00000441. The van der Waals surface area contributed by atoms with Crippen LogP contribution < -0.4 is 50.6 Å². The minimum Gasteiger partial charge on any atom is -0.545 e. The molecule has 0 atom stereocenters. The standard InChI is InChI=1S/C29H27ClN4O5.Na/c1-16(2)26(35)31-15-17-4-10-23(30)22(12-17)27(36)33-21-9-11-24-19(13-21)14-25(34(24)3)28(37)32-20-7-5-18(6-8-20)29(38)39;/h4-14,16H,15H2,1-3H3,(H,31,35)(H,32,37)(H,33,36)(H,38,39);/q;+1/p-1. The van der Waals surface area contributed by atoms with Crippen molar-refractivity contribution in [2.24, 2.45) is 13.0 Å². The number of anilines is 2. The Hall–Kier alpha value is -3.63. The second-order valence-corrected chi connectivity index (χ2v) is 9.73. The number of aryl methyl sites for hydroxylation is 1. The molecule has 1 heterocycles. The third-order valence-electron chi connectivity index (χ3n) is 6.18. The van der Waals surface area contributed by atoms with E-state index >= 15 is 0 Å². The van der Waals surface area contributed by atoms with Gasteiger partial charge in [0.15, 0.2) is 0 Å². The quantitative estimate of drug-likeness (QED) is 0.273. The van der Waals surface area contributed by atoms with E-state index in [4.69, 9.17) is 11.6 Å². The maximum absolute atomic E-state index is 13.0. The van der Waals surface area contributed by atoms with Crippen molar-refractivity contribution in [1.82, 2.24) is 9.88 Å². The van der Waals surface area contributed by atoms with Gasteiger partial charge in [-0.15, -0.1) is 0 Å². The van der Waals surface area contributed by atoms with Crippen LogP contribution in [-0.4, -0.2) is 28.3 Å². The van der Waals surface area contributed by atoms with Gasteiger partial charge >= 0.3 is 29.6 Å². The number of rotatable bonds is 8. The zero-order valence-electron chi connectivity index (χ0n) is 22.5. The first kappa shape index (κ1) is 30.9. The summed E-state index contributed by atoms with van der Waals surface area (Å²) in [6, 6.07) is 17.6. The van der Waals surface area contributed by atoms with Crippen molar-refractivity contribution >= 4 is 57.6 Å². The van der Waals surface area contributed by atoms with Gasteiger partial charge in [0, 0.05) is 41.8 Å². The second-order valence-electron chi connectivity index (χ2n) is 9.32. The largest absolute Gasteiger partial charge is 1.00 e. The summed E-state index contributed by atoms with van der Waals surface area (Å²) < 4.78 is 1.72. The van der Waals surface area contributed by atoms with Gasteiger partial charge in [-0.3, -0.25) is 14.4 Å². The van der Waals surface area contributed by atoms with Crippen LogP contribution in [0, 0.1) is 5.92 Å². The Bertz CT molecular complexity index is 1600. The monoisotopic (exact) mass is 568 g/mol. The summed E-state index contributed by atoms with van der Waals surface area (Å²) in [7, 11) is 1.75. The number of hydrogen-bond acceptors (Lipinski definition) is 5. The van der Waals surface area contributed by atoms with Crippen LogP contribution in [0.4, 0.5) is 11.4 Å². The molecule has 0 saturated carbocycles. The predicted molar refractivity (Wildman–Crippen MR) is 148 cm³/mol. The fraction of sp³-hybridized carbons (Fsp3) is 0.172. The fourth-order valence-corrected chi connectivity index (χ4v) is 4.18. The van der Waals surface area contributed by atoms with Crippen LogP contribution in [0.3, 0.4) is 0 Å². The number of amides is 3. The SMILES string of the molecule is CC(C)C(=O)NCc1ccc(Cl)c(C(=O)Nc2ccc3c(c2)cc(C(=O)Nc2ccc(C(=O)[O-])cc2)n3C)c1.[Na+]. The van der Waals surface area contributed by atoms with E-state index in [0.717, 1.165) is 16.5 Å². The van der Waals surface area contributed by atoms with Crippen LogP contribution in [0.2, 0.25) is 5.02 Å². The first-order valence-electron chi connectivity index (χ1n) is 12.1. The molecule has 1 aromatic heterocycles. The number of carbonyl (C=O) groups excluding carboxylic acids is 4. The van der Waals surface area contributed by atoms with Gasteiger partial charge in [-0.1, -0.05) is 43.6 Å². The Morgan fingerprint density at radius 2 is 1.52 bits per heavy atom. The van der Waals surface area contributed by atoms with Gasteiger partial charge in [0.25, 0.3) is 11.8 Å². The van der Waals surface area contributed by atoms with E-state index in [9.17, 15) is 24.3 Å². The molecule has 4 rings (SSSR count). The molecule has 200 valence electrons. The molecule has 0 aliphatic heterocycles. The molecule has 3 amide bonds. The molecule has 0 aliphatic rings. The first-order valence-corrected chi connectivity index (χ1v) is 12.5. The molecule has 0 aliphatic carbocycles. The smallest absolute Gasteiger partial charge is 0.545 e. The molecule has 3 N–H and O–H groups in total. The third kappa shape index (κ3) is 7.11. The Morgan fingerprint density at radius 3 is 2.17 bits per heavy atom. The molecule has 0 saturated heterocycles. The summed E-state index contributed by atoms with van der Waals surface area (Å²) in [6.45, 7) is 3.87. The number of carbonyl (C=O) groups is 4. The number of hydrogen-bond donors (Lipinski definition) is 3. The van der Waals surface area contributed by atoms with Crippen molar-refractivity contribution in [3.63, 3.8) is 0 Å². The van der Waals surface area contributed by atoms with Crippen LogP contribution in [-0.2, 0) is 18.4 Å². The molecule has 0 radical (unpaired) electrons. The summed E-state index contributed by atoms with van der Waals surface area (Å²) >= 11 is 6.29. The average molecular weight is 569 g/mol. The summed E-state index contributed by atoms with van der Waals surface area (Å²) in [5.74, 6) is -2.33. The number of halogens is 1. The van der Waals surface area contributed by atoms with Crippen LogP contribution in [0.25, 0.3) is 10.9 Å². The molecular formula is C29H26ClN4NaO5. The number of carboxylic acid groups (broad SMARTS) is 1.